The molecule has 0 saturated heterocycles. The van der Waals surface area contributed by atoms with Gasteiger partial charge < -0.3 is 10.1 Å². The van der Waals surface area contributed by atoms with Crippen LogP contribution in [-0.2, 0) is 14.3 Å². The molecule has 1 aromatic carbocycles. The van der Waals surface area contributed by atoms with Crippen molar-refractivity contribution < 1.29 is 14.3 Å². The number of methoxy groups -OCH3 is 1. The zero-order chi connectivity index (χ0) is 13.4. The molecule has 1 aromatic rings. The third-order valence-corrected chi connectivity index (χ3v) is 2.38. The van der Waals surface area contributed by atoms with Crippen LogP contribution in [-0.4, -0.2) is 19.0 Å². The van der Waals surface area contributed by atoms with Gasteiger partial charge in [0.1, 0.15) is 6.42 Å². The largest absolute Gasteiger partial charge is 0.469 e. The van der Waals surface area contributed by atoms with E-state index in [9.17, 15) is 9.59 Å². The number of nitriles is 1. The van der Waals surface area contributed by atoms with Gasteiger partial charge in [-0.15, -0.1) is 0 Å². The molecule has 1 rings (SSSR count). The van der Waals surface area contributed by atoms with Crippen LogP contribution in [0.1, 0.15) is 24.4 Å². The normalized spacial score (nSPS) is 11.1. The molecule has 0 fully saturated rings. The number of nitrogens with one attached hydrogen (secondary N) is 1. The lowest BCUT2D eigenvalue weighted by Gasteiger charge is -2.17. The maximum atomic E-state index is 11.4. The maximum absolute atomic E-state index is 11.4. The number of benzene rings is 1. The van der Waals surface area contributed by atoms with Gasteiger partial charge in [-0.2, -0.15) is 5.26 Å². The minimum Gasteiger partial charge on any atom is -0.469 e. The standard InChI is InChI=1S/C13H14N2O3/c1-18-13(17)9-11(15-12(16)7-8-14)10-5-3-2-4-6-10/h2-6,11H,7,9H2,1H3,(H,15,16)/t11-/m1/s1. The summed E-state index contributed by atoms with van der Waals surface area (Å²) in [6.07, 6.45) is -0.192. The molecular formula is C13H14N2O3. The Morgan fingerprint density at radius 1 is 1.39 bits per heavy atom. The van der Waals surface area contributed by atoms with E-state index in [4.69, 9.17) is 5.26 Å². The molecule has 94 valence electrons. The van der Waals surface area contributed by atoms with Crippen molar-refractivity contribution in [2.45, 2.75) is 18.9 Å². The summed E-state index contributed by atoms with van der Waals surface area (Å²) in [5.41, 5.74) is 0.800. The van der Waals surface area contributed by atoms with Gasteiger partial charge in [-0.05, 0) is 5.56 Å². The van der Waals surface area contributed by atoms with Crippen LogP contribution in [0.25, 0.3) is 0 Å². The first-order valence-corrected chi connectivity index (χ1v) is 5.45. The molecule has 0 heterocycles. The average Bonchev–Trinajstić information content (AvgIpc) is 2.39. The molecule has 0 unspecified atom stereocenters. The van der Waals surface area contributed by atoms with Crippen molar-refractivity contribution in [3.8, 4) is 6.07 Å². The molecule has 0 aromatic heterocycles. The van der Waals surface area contributed by atoms with Gasteiger partial charge in [-0.1, -0.05) is 30.3 Å². The molecule has 5 heteroatoms. The zero-order valence-corrected chi connectivity index (χ0v) is 10.1. The van der Waals surface area contributed by atoms with E-state index in [-0.39, 0.29) is 12.8 Å². The molecule has 0 aliphatic rings. The van der Waals surface area contributed by atoms with Crippen molar-refractivity contribution in [3.05, 3.63) is 35.9 Å². The second-order valence-corrected chi connectivity index (χ2v) is 3.65. The molecular weight excluding hydrogens is 232 g/mol. The molecule has 0 aliphatic carbocycles. The third kappa shape index (κ3) is 4.26. The van der Waals surface area contributed by atoms with Crippen LogP contribution in [0, 0.1) is 11.3 Å². The summed E-state index contributed by atoms with van der Waals surface area (Å²) in [5.74, 6) is -0.823. The zero-order valence-electron chi connectivity index (χ0n) is 10.1. The molecule has 0 radical (unpaired) electrons. The summed E-state index contributed by atoms with van der Waals surface area (Å²) >= 11 is 0. The highest BCUT2D eigenvalue weighted by molar-refractivity contribution is 5.79. The number of hydrogen-bond acceptors (Lipinski definition) is 4. The van der Waals surface area contributed by atoms with E-state index in [0.717, 1.165) is 5.56 Å². The third-order valence-electron chi connectivity index (χ3n) is 2.38. The van der Waals surface area contributed by atoms with E-state index in [1.54, 1.807) is 18.2 Å². The summed E-state index contributed by atoms with van der Waals surface area (Å²) in [7, 11) is 1.29. The Balaban J connectivity index is 2.79. The fourth-order valence-electron chi connectivity index (χ4n) is 1.50. The number of nitrogens with zero attached hydrogens (tertiary/aromatic N) is 1. The quantitative estimate of drug-likeness (QED) is 0.795. The van der Waals surface area contributed by atoms with Crippen molar-refractivity contribution in [3.63, 3.8) is 0 Å². The molecule has 1 amide bonds. The fraction of sp³-hybridized carbons (Fsp3) is 0.308. The van der Waals surface area contributed by atoms with E-state index < -0.39 is 17.9 Å². The summed E-state index contributed by atoms with van der Waals surface area (Å²) < 4.78 is 4.59. The molecule has 0 bridgehead atoms. The highest BCUT2D eigenvalue weighted by Gasteiger charge is 2.18. The second-order valence-electron chi connectivity index (χ2n) is 3.65. The van der Waals surface area contributed by atoms with Crippen molar-refractivity contribution in [2.75, 3.05) is 7.11 Å². The summed E-state index contributed by atoms with van der Waals surface area (Å²) in [5, 5.41) is 11.1. The highest BCUT2D eigenvalue weighted by Crippen LogP contribution is 2.17. The topological polar surface area (TPSA) is 79.2 Å². The van der Waals surface area contributed by atoms with E-state index in [1.165, 1.54) is 7.11 Å². The van der Waals surface area contributed by atoms with Crippen LogP contribution < -0.4 is 5.32 Å². The van der Waals surface area contributed by atoms with Crippen molar-refractivity contribution in [1.82, 2.24) is 5.32 Å². The average molecular weight is 246 g/mol. The Kier molecular flexibility index (Phi) is 5.39. The Hall–Kier alpha value is -2.35. The Bertz CT molecular complexity index is 451. The smallest absolute Gasteiger partial charge is 0.307 e. The Morgan fingerprint density at radius 2 is 2.06 bits per heavy atom. The predicted molar refractivity (Wildman–Crippen MR) is 64.2 cm³/mol. The van der Waals surface area contributed by atoms with Crippen molar-refractivity contribution in [1.29, 1.82) is 5.26 Å². The van der Waals surface area contributed by atoms with Crippen LogP contribution >= 0.6 is 0 Å². The first-order valence-electron chi connectivity index (χ1n) is 5.45. The highest BCUT2D eigenvalue weighted by atomic mass is 16.5. The van der Waals surface area contributed by atoms with Gasteiger partial charge in [0.15, 0.2) is 0 Å². The molecule has 1 N–H and O–H groups in total. The minimum atomic E-state index is -0.473. The number of ether oxygens (including phenoxy) is 1. The Labute approximate surface area is 105 Å². The lowest BCUT2D eigenvalue weighted by atomic mass is 10.0. The summed E-state index contributed by atoms with van der Waals surface area (Å²) in [6, 6.07) is 10.4. The lowest BCUT2D eigenvalue weighted by molar-refractivity contribution is -0.141. The van der Waals surface area contributed by atoms with Crippen molar-refractivity contribution >= 4 is 11.9 Å². The van der Waals surface area contributed by atoms with Crippen molar-refractivity contribution in [2.24, 2.45) is 0 Å². The van der Waals surface area contributed by atoms with Crippen LogP contribution in [0.15, 0.2) is 30.3 Å². The SMILES string of the molecule is COC(=O)C[C@@H](NC(=O)CC#N)c1ccccc1. The van der Waals surface area contributed by atoms with Crippen LogP contribution in [0.2, 0.25) is 0 Å². The number of hydrogen-bond donors (Lipinski definition) is 1. The van der Waals surface area contributed by atoms with E-state index in [1.807, 2.05) is 18.2 Å². The van der Waals surface area contributed by atoms with Crippen LogP contribution in [0.4, 0.5) is 0 Å². The van der Waals surface area contributed by atoms with Gasteiger partial charge in [0.25, 0.3) is 0 Å². The molecule has 0 saturated carbocycles. The number of amides is 1. The molecule has 18 heavy (non-hydrogen) atoms. The van der Waals surface area contributed by atoms with Gasteiger partial charge in [-0.25, -0.2) is 0 Å². The van der Waals surface area contributed by atoms with E-state index >= 15 is 0 Å². The Morgan fingerprint density at radius 3 is 2.61 bits per heavy atom. The van der Waals surface area contributed by atoms with Gasteiger partial charge in [-0.3, -0.25) is 9.59 Å². The second kappa shape index (κ2) is 7.07. The summed E-state index contributed by atoms with van der Waals surface area (Å²) in [6.45, 7) is 0. The van der Waals surface area contributed by atoms with Gasteiger partial charge in [0, 0.05) is 0 Å². The van der Waals surface area contributed by atoms with Gasteiger partial charge >= 0.3 is 5.97 Å². The molecule has 1 atom stereocenters. The number of rotatable bonds is 5. The van der Waals surface area contributed by atoms with Gasteiger partial charge in [0.2, 0.25) is 5.91 Å². The maximum Gasteiger partial charge on any atom is 0.307 e. The molecule has 0 spiro atoms. The lowest BCUT2D eigenvalue weighted by Crippen LogP contribution is -2.30. The van der Waals surface area contributed by atoms with Crippen LogP contribution in [0.3, 0.4) is 0 Å². The number of esters is 1. The van der Waals surface area contributed by atoms with E-state index in [2.05, 4.69) is 10.1 Å². The predicted octanol–water partition coefficient (Wildman–Crippen LogP) is 1.32. The van der Waals surface area contributed by atoms with Crippen LogP contribution in [0.5, 0.6) is 0 Å². The molecule has 0 aliphatic heterocycles. The fourth-order valence-corrected chi connectivity index (χ4v) is 1.50. The van der Waals surface area contributed by atoms with E-state index in [0.29, 0.717) is 0 Å². The van der Waals surface area contributed by atoms with Gasteiger partial charge in [0.05, 0.1) is 25.6 Å². The first-order chi connectivity index (χ1) is 8.67. The monoisotopic (exact) mass is 246 g/mol. The number of carbonyl (C=O) groups is 2. The number of carbonyl (C=O) groups excluding carboxylic acids is 2. The minimum absolute atomic E-state index is 0.0394. The molecule has 5 nitrogen and oxygen atoms in total. The first kappa shape index (κ1) is 13.7. The summed E-state index contributed by atoms with van der Waals surface area (Å²) in [4.78, 5) is 22.7.